The molecule has 0 unspecified atom stereocenters. The van der Waals surface area contributed by atoms with Gasteiger partial charge in [-0.3, -0.25) is 0 Å². The number of hydrogen-bond donors (Lipinski definition) is 2. The van der Waals surface area contributed by atoms with Gasteiger partial charge in [0.2, 0.25) is 0 Å². The van der Waals surface area contributed by atoms with E-state index in [9.17, 15) is 5.11 Å². The number of rotatable bonds is 3. The minimum Gasteiger partial charge on any atom is -0.497 e. The third-order valence-electron chi connectivity index (χ3n) is 3.42. The van der Waals surface area contributed by atoms with E-state index in [0.29, 0.717) is 0 Å². The molecule has 1 aromatic heterocycles. The van der Waals surface area contributed by atoms with Crippen LogP contribution in [0.1, 0.15) is 5.56 Å². The monoisotopic (exact) mass is 331 g/mol. The molecule has 102 valence electrons. The molecule has 0 fully saturated rings. The van der Waals surface area contributed by atoms with E-state index in [1.165, 1.54) is 0 Å². The van der Waals surface area contributed by atoms with Gasteiger partial charge in [-0.1, -0.05) is 28.1 Å². The topological polar surface area (TPSA) is 45.2 Å². The van der Waals surface area contributed by atoms with E-state index in [1.54, 1.807) is 7.11 Å². The van der Waals surface area contributed by atoms with Crippen molar-refractivity contribution in [2.24, 2.45) is 0 Å². The van der Waals surface area contributed by atoms with Gasteiger partial charge in [0.25, 0.3) is 0 Å². The lowest BCUT2D eigenvalue weighted by Gasteiger charge is -2.05. The number of ether oxygens (including phenoxy) is 1. The summed E-state index contributed by atoms with van der Waals surface area (Å²) in [5.74, 6) is 0.837. The van der Waals surface area contributed by atoms with Crippen LogP contribution < -0.4 is 4.74 Å². The Bertz CT molecular complexity index is 764. The molecule has 0 bridgehead atoms. The number of nitrogens with one attached hydrogen (secondary N) is 1. The van der Waals surface area contributed by atoms with Gasteiger partial charge in [-0.05, 0) is 35.4 Å². The van der Waals surface area contributed by atoms with Gasteiger partial charge in [0.15, 0.2) is 0 Å². The van der Waals surface area contributed by atoms with Gasteiger partial charge in [-0.2, -0.15) is 0 Å². The van der Waals surface area contributed by atoms with Crippen molar-refractivity contribution in [3.8, 4) is 16.9 Å². The zero-order valence-electron chi connectivity index (χ0n) is 11.0. The minimum absolute atomic E-state index is 0.0303. The first-order chi connectivity index (χ1) is 9.72. The van der Waals surface area contributed by atoms with E-state index < -0.39 is 0 Å². The number of aromatic nitrogens is 1. The van der Waals surface area contributed by atoms with E-state index in [0.717, 1.165) is 37.8 Å². The molecule has 3 nitrogen and oxygen atoms in total. The van der Waals surface area contributed by atoms with Gasteiger partial charge < -0.3 is 14.8 Å². The largest absolute Gasteiger partial charge is 0.497 e. The summed E-state index contributed by atoms with van der Waals surface area (Å²) in [5.41, 5.74) is 4.16. The molecular formula is C16H14BrNO2. The first-order valence-electron chi connectivity index (χ1n) is 6.27. The lowest BCUT2D eigenvalue weighted by Crippen LogP contribution is -1.86. The first-order valence-corrected chi connectivity index (χ1v) is 7.07. The molecule has 0 spiro atoms. The Hall–Kier alpha value is -1.78. The third-order valence-corrected chi connectivity index (χ3v) is 4.16. The molecule has 4 heteroatoms. The number of benzene rings is 2. The number of aromatic amines is 1. The van der Waals surface area contributed by atoms with Crippen LogP contribution in [0.15, 0.2) is 47.1 Å². The van der Waals surface area contributed by atoms with Gasteiger partial charge in [0, 0.05) is 27.1 Å². The molecule has 0 aliphatic carbocycles. The number of aliphatic hydroxyl groups excluding tert-OH is 1. The quantitative estimate of drug-likeness (QED) is 0.758. The molecule has 0 saturated carbocycles. The Kier molecular flexibility index (Phi) is 3.51. The van der Waals surface area contributed by atoms with Crippen LogP contribution in [-0.4, -0.2) is 17.2 Å². The van der Waals surface area contributed by atoms with Crippen LogP contribution in [0.2, 0.25) is 0 Å². The molecule has 0 atom stereocenters. The molecule has 0 radical (unpaired) electrons. The van der Waals surface area contributed by atoms with Gasteiger partial charge in [0.05, 0.1) is 13.7 Å². The van der Waals surface area contributed by atoms with Gasteiger partial charge >= 0.3 is 0 Å². The first kappa shape index (κ1) is 13.2. The average molecular weight is 332 g/mol. The second-order valence-electron chi connectivity index (χ2n) is 4.58. The molecule has 0 aliphatic rings. The molecule has 3 rings (SSSR count). The van der Waals surface area contributed by atoms with Crippen LogP contribution >= 0.6 is 15.9 Å². The summed E-state index contributed by atoms with van der Waals surface area (Å²) in [6, 6.07) is 11.9. The summed E-state index contributed by atoms with van der Waals surface area (Å²) < 4.78 is 6.20. The van der Waals surface area contributed by atoms with Crippen LogP contribution in [0.4, 0.5) is 0 Å². The molecule has 1 heterocycles. The van der Waals surface area contributed by atoms with Crippen molar-refractivity contribution in [3.05, 3.63) is 52.6 Å². The molecular weight excluding hydrogens is 318 g/mol. The Morgan fingerprint density at radius 3 is 2.75 bits per heavy atom. The molecule has 20 heavy (non-hydrogen) atoms. The second kappa shape index (κ2) is 5.31. The highest BCUT2D eigenvalue weighted by molar-refractivity contribution is 9.10. The Balaban J connectivity index is 2.16. The predicted octanol–water partition coefficient (Wildman–Crippen LogP) is 4.10. The summed E-state index contributed by atoms with van der Waals surface area (Å²) in [4.78, 5) is 3.27. The maximum absolute atomic E-state index is 9.23. The van der Waals surface area contributed by atoms with E-state index in [4.69, 9.17) is 4.74 Å². The summed E-state index contributed by atoms with van der Waals surface area (Å²) in [7, 11) is 1.67. The van der Waals surface area contributed by atoms with Crippen molar-refractivity contribution in [2.75, 3.05) is 7.11 Å². The lowest BCUT2D eigenvalue weighted by atomic mass is 10.0. The van der Waals surface area contributed by atoms with Crippen LogP contribution in [0.3, 0.4) is 0 Å². The fraction of sp³-hybridized carbons (Fsp3) is 0.125. The number of H-pyrrole nitrogens is 1. The summed E-state index contributed by atoms with van der Waals surface area (Å²) in [6.45, 7) is 0.0303. The standard InChI is InChI=1S/C16H14BrNO2/c1-20-12-4-5-16-13(7-12)14(8-18-16)10-2-3-11(9-19)15(17)6-10/h2-8,18-19H,9H2,1H3. The molecule has 2 aromatic carbocycles. The minimum atomic E-state index is 0.0303. The van der Waals surface area contributed by atoms with E-state index in [1.807, 2.05) is 42.6 Å². The van der Waals surface area contributed by atoms with Crippen LogP contribution in [0.5, 0.6) is 5.75 Å². The highest BCUT2D eigenvalue weighted by Gasteiger charge is 2.09. The number of halogens is 1. The highest BCUT2D eigenvalue weighted by Crippen LogP contribution is 2.33. The molecule has 0 saturated heterocycles. The molecule has 0 aliphatic heterocycles. The fourth-order valence-electron chi connectivity index (χ4n) is 2.31. The summed E-state index contributed by atoms with van der Waals surface area (Å²) in [5, 5.41) is 10.3. The van der Waals surface area contributed by atoms with E-state index >= 15 is 0 Å². The second-order valence-corrected chi connectivity index (χ2v) is 5.43. The van der Waals surface area contributed by atoms with Crippen molar-refractivity contribution in [3.63, 3.8) is 0 Å². The Labute approximate surface area is 125 Å². The molecule has 3 aromatic rings. The normalized spacial score (nSPS) is 10.9. The number of aliphatic hydroxyl groups is 1. The Morgan fingerprint density at radius 2 is 2.05 bits per heavy atom. The van der Waals surface area contributed by atoms with Crippen LogP contribution in [0, 0.1) is 0 Å². The smallest absolute Gasteiger partial charge is 0.119 e. The van der Waals surface area contributed by atoms with Gasteiger partial charge in [0.1, 0.15) is 5.75 Å². The Morgan fingerprint density at radius 1 is 1.20 bits per heavy atom. The third kappa shape index (κ3) is 2.21. The molecule has 0 amide bonds. The fourth-order valence-corrected chi connectivity index (χ4v) is 2.81. The van der Waals surface area contributed by atoms with Gasteiger partial charge in [-0.25, -0.2) is 0 Å². The maximum atomic E-state index is 9.23. The molecule has 2 N–H and O–H groups in total. The van der Waals surface area contributed by atoms with Crippen molar-refractivity contribution >= 4 is 26.8 Å². The van der Waals surface area contributed by atoms with Crippen LogP contribution in [0.25, 0.3) is 22.0 Å². The van der Waals surface area contributed by atoms with Gasteiger partial charge in [-0.15, -0.1) is 0 Å². The predicted molar refractivity (Wildman–Crippen MR) is 83.9 cm³/mol. The average Bonchev–Trinajstić information content (AvgIpc) is 2.89. The summed E-state index contributed by atoms with van der Waals surface area (Å²) in [6.07, 6.45) is 1.99. The van der Waals surface area contributed by atoms with Crippen molar-refractivity contribution in [1.82, 2.24) is 4.98 Å². The van der Waals surface area contributed by atoms with E-state index in [2.05, 4.69) is 20.9 Å². The zero-order valence-corrected chi connectivity index (χ0v) is 12.6. The lowest BCUT2D eigenvalue weighted by molar-refractivity contribution is 0.281. The van der Waals surface area contributed by atoms with Crippen molar-refractivity contribution in [2.45, 2.75) is 6.61 Å². The van der Waals surface area contributed by atoms with E-state index in [-0.39, 0.29) is 6.61 Å². The maximum Gasteiger partial charge on any atom is 0.119 e. The SMILES string of the molecule is COc1ccc2[nH]cc(-c3ccc(CO)c(Br)c3)c2c1. The zero-order chi connectivity index (χ0) is 14.1. The number of hydrogen-bond acceptors (Lipinski definition) is 2. The van der Waals surface area contributed by atoms with Crippen molar-refractivity contribution < 1.29 is 9.84 Å². The number of fused-ring (bicyclic) bond motifs is 1. The van der Waals surface area contributed by atoms with Crippen molar-refractivity contribution in [1.29, 1.82) is 0 Å². The summed E-state index contributed by atoms with van der Waals surface area (Å²) >= 11 is 3.49. The number of methoxy groups -OCH3 is 1. The van der Waals surface area contributed by atoms with Crippen LogP contribution in [-0.2, 0) is 6.61 Å². The highest BCUT2D eigenvalue weighted by atomic mass is 79.9.